The van der Waals surface area contributed by atoms with Crippen LogP contribution in [0.4, 0.5) is 0 Å². The predicted octanol–water partition coefficient (Wildman–Crippen LogP) is 0.912. The van der Waals surface area contributed by atoms with Crippen LogP contribution in [0.25, 0.3) is 10.9 Å². The highest BCUT2D eigenvalue weighted by Crippen LogP contribution is 2.19. The van der Waals surface area contributed by atoms with Gasteiger partial charge in [-0.1, -0.05) is 38.5 Å². The van der Waals surface area contributed by atoms with E-state index in [1.807, 2.05) is 31.2 Å². The Morgan fingerprint density at radius 3 is 2.38 bits per heavy atom. The number of benzene rings is 1. The van der Waals surface area contributed by atoms with E-state index < -0.39 is 54.3 Å². The molecule has 0 aliphatic carbocycles. The van der Waals surface area contributed by atoms with Crippen molar-refractivity contribution in [3.8, 4) is 0 Å². The molecule has 1 fully saturated rings. The molecule has 3 amide bonds. The molecule has 5 unspecified atom stereocenters. The Balaban J connectivity index is 1.74. The Morgan fingerprint density at radius 2 is 1.74 bits per heavy atom. The number of carboxylic acid groups (broad SMARTS) is 2. The van der Waals surface area contributed by atoms with Gasteiger partial charge in [0.15, 0.2) is 0 Å². The van der Waals surface area contributed by atoms with Gasteiger partial charge in [-0.3, -0.25) is 19.2 Å². The molecule has 212 valence electrons. The van der Waals surface area contributed by atoms with Gasteiger partial charge in [0.25, 0.3) is 0 Å². The minimum Gasteiger partial charge on any atom is -0.481 e. The zero-order valence-electron chi connectivity index (χ0n) is 22.2. The normalized spacial score (nSPS) is 18.1. The number of amides is 3. The Bertz CT molecular complexity index is 1190. The molecule has 0 radical (unpaired) electrons. The number of carboxylic acids is 2. The average Bonchev–Trinajstić information content (AvgIpc) is 3.59. The summed E-state index contributed by atoms with van der Waals surface area (Å²) in [6, 6.07) is 3.35. The van der Waals surface area contributed by atoms with Crippen molar-refractivity contribution in [2.75, 3.05) is 6.54 Å². The molecule has 7 N–H and O–H groups in total. The molecule has 2 aromatic rings. The van der Waals surface area contributed by atoms with E-state index in [-0.39, 0.29) is 24.7 Å². The van der Waals surface area contributed by atoms with Gasteiger partial charge in [0, 0.05) is 29.9 Å². The molecule has 0 saturated carbocycles. The minimum absolute atomic E-state index is 0.0232. The summed E-state index contributed by atoms with van der Waals surface area (Å²) in [5.74, 6) is -4.48. The topological polar surface area (TPSA) is 190 Å². The number of carbonyl (C=O) groups excluding carboxylic acids is 3. The van der Waals surface area contributed by atoms with E-state index in [4.69, 9.17) is 0 Å². The highest BCUT2D eigenvalue weighted by atomic mass is 16.4. The minimum atomic E-state index is -1.32. The van der Waals surface area contributed by atoms with Crippen LogP contribution in [-0.4, -0.2) is 75.6 Å². The van der Waals surface area contributed by atoms with E-state index in [9.17, 15) is 34.2 Å². The molecule has 39 heavy (non-hydrogen) atoms. The van der Waals surface area contributed by atoms with E-state index in [2.05, 4.69) is 26.3 Å². The average molecular weight is 544 g/mol. The van der Waals surface area contributed by atoms with Crippen LogP contribution in [0.2, 0.25) is 0 Å². The first-order valence-electron chi connectivity index (χ1n) is 13.2. The summed E-state index contributed by atoms with van der Waals surface area (Å²) in [5.41, 5.74) is 1.50. The Morgan fingerprint density at radius 1 is 1.03 bits per heavy atom. The molecule has 1 aliphatic rings. The van der Waals surface area contributed by atoms with E-state index in [1.165, 1.54) is 0 Å². The summed E-state index contributed by atoms with van der Waals surface area (Å²) in [4.78, 5) is 65.5. The van der Waals surface area contributed by atoms with Crippen molar-refractivity contribution in [3.05, 3.63) is 36.0 Å². The zero-order valence-corrected chi connectivity index (χ0v) is 22.2. The van der Waals surface area contributed by atoms with Gasteiger partial charge in [-0.2, -0.15) is 0 Å². The molecule has 1 aromatic heterocycles. The third-order valence-corrected chi connectivity index (χ3v) is 7.16. The number of hydrogen-bond acceptors (Lipinski definition) is 6. The predicted molar refractivity (Wildman–Crippen MR) is 143 cm³/mol. The molecule has 5 atom stereocenters. The van der Waals surface area contributed by atoms with Crippen molar-refractivity contribution in [3.63, 3.8) is 0 Å². The molecule has 1 aliphatic heterocycles. The number of H-pyrrole nitrogens is 1. The molecular formula is C27H37N5O7. The van der Waals surface area contributed by atoms with Crippen molar-refractivity contribution in [2.45, 2.75) is 76.5 Å². The number of aliphatic carboxylic acids is 2. The lowest BCUT2D eigenvalue weighted by atomic mass is 9.97. The molecule has 1 saturated heterocycles. The first-order valence-corrected chi connectivity index (χ1v) is 13.2. The van der Waals surface area contributed by atoms with Crippen LogP contribution in [0.3, 0.4) is 0 Å². The van der Waals surface area contributed by atoms with Crippen LogP contribution in [0.1, 0.15) is 51.5 Å². The molecule has 12 nitrogen and oxygen atoms in total. The lowest BCUT2D eigenvalue weighted by Crippen LogP contribution is -2.58. The Hall–Kier alpha value is -3.93. The number of para-hydroxylation sites is 1. The monoisotopic (exact) mass is 543 g/mol. The summed E-state index contributed by atoms with van der Waals surface area (Å²) in [6.45, 7) is 4.36. The number of nitrogens with one attached hydrogen (secondary N) is 5. The Kier molecular flexibility index (Phi) is 10.4. The maximum atomic E-state index is 13.3. The fraction of sp³-hybridized carbons (Fsp3) is 0.519. The van der Waals surface area contributed by atoms with Crippen molar-refractivity contribution in [2.24, 2.45) is 5.92 Å². The summed E-state index contributed by atoms with van der Waals surface area (Å²) >= 11 is 0. The van der Waals surface area contributed by atoms with Gasteiger partial charge in [0.2, 0.25) is 17.7 Å². The van der Waals surface area contributed by atoms with Crippen LogP contribution >= 0.6 is 0 Å². The zero-order chi connectivity index (χ0) is 28.5. The lowest BCUT2D eigenvalue weighted by Gasteiger charge is -2.28. The van der Waals surface area contributed by atoms with Crippen molar-refractivity contribution in [1.29, 1.82) is 0 Å². The molecule has 2 heterocycles. The number of aromatic amines is 1. The second kappa shape index (κ2) is 13.7. The Labute approximate surface area is 226 Å². The molecule has 12 heteroatoms. The first kappa shape index (κ1) is 29.6. The number of rotatable bonds is 14. The summed E-state index contributed by atoms with van der Waals surface area (Å²) in [7, 11) is 0. The fourth-order valence-electron chi connectivity index (χ4n) is 4.66. The van der Waals surface area contributed by atoms with Crippen LogP contribution in [-0.2, 0) is 30.4 Å². The summed E-state index contributed by atoms with van der Waals surface area (Å²) in [5, 5.41) is 30.7. The standard InChI is InChI=1S/C27H37N5O7/c1-3-15(2)23(32-24(35)19-9-6-12-28-19)26(37)30-20(10-11-22(33)34)25(36)31-21(27(38)39)13-16-14-29-18-8-5-4-7-17(16)18/h4-5,7-8,14-15,19-21,23,28-29H,3,6,9-13H2,1-2H3,(H,30,37)(H,31,36)(H,32,35)(H,33,34)(H,38,39). The second-order valence-corrected chi connectivity index (χ2v) is 9.98. The number of aromatic nitrogens is 1. The van der Waals surface area contributed by atoms with Crippen molar-refractivity contribution >= 4 is 40.6 Å². The quantitative estimate of drug-likeness (QED) is 0.183. The molecular weight excluding hydrogens is 506 g/mol. The van der Waals surface area contributed by atoms with E-state index in [0.717, 1.165) is 17.3 Å². The molecule has 0 bridgehead atoms. The molecule has 0 spiro atoms. The maximum Gasteiger partial charge on any atom is 0.326 e. The summed E-state index contributed by atoms with van der Waals surface area (Å²) in [6.07, 6.45) is 3.03. The third kappa shape index (κ3) is 8.03. The first-order chi connectivity index (χ1) is 18.6. The fourth-order valence-corrected chi connectivity index (χ4v) is 4.66. The van der Waals surface area contributed by atoms with Gasteiger partial charge < -0.3 is 36.5 Å². The van der Waals surface area contributed by atoms with Gasteiger partial charge in [-0.15, -0.1) is 0 Å². The van der Waals surface area contributed by atoms with Crippen LogP contribution in [0, 0.1) is 5.92 Å². The van der Waals surface area contributed by atoms with Gasteiger partial charge in [0.1, 0.15) is 18.1 Å². The second-order valence-electron chi connectivity index (χ2n) is 9.98. The van der Waals surface area contributed by atoms with Crippen molar-refractivity contribution in [1.82, 2.24) is 26.3 Å². The van der Waals surface area contributed by atoms with E-state index in [0.29, 0.717) is 24.9 Å². The van der Waals surface area contributed by atoms with Crippen molar-refractivity contribution < 1.29 is 34.2 Å². The van der Waals surface area contributed by atoms with Gasteiger partial charge in [0.05, 0.1) is 6.04 Å². The van der Waals surface area contributed by atoms with E-state index in [1.54, 1.807) is 13.1 Å². The summed E-state index contributed by atoms with van der Waals surface area (Å²) < 4.78 is 0. The van der Waals surface area contributed by atoms with Crippen LogP contribution in [0.5, 0.6) is 0 Å². The van der Waals surface area contributed by atoms with Gasteiger partial charge in [-0.05, 0) is 43.4 Å². The SMILES string of the molecule is CCC(C)C(NC(=O)C1CCCN1)C(=O)NC(CCC(=O)O)C(=O)NC(Cc1c[nH]c2ccccc12)C(=O)O. The number of fused-ring (bicyclic) bond motifs is 1. The lowest BCUT2D eigenvalue weighted by molar-refractivity contribution is -0.143. The third-order valence-electron chi connectivity index (χ3n) is 7.16. The van der Waals surface area contributed by atoms with Gasteiger partial charge >= 0.3 is 11.9 Å². The molecule has 3 rings (SSSR count). The van der Waals surface area contributed by atoms with Crippen LogP contribution < -0.4 is 21.3 Å². The number of carbonyl (C=O) groups is 5. The highest BCUT2D eigenvalue weighted by Gasteiger charge is 2.34. The number of hydrogen-bond donors (Lipinski definition) is 7. The largest absolute Gasteiger partial charge is 0.481 e. The van der Waals surface area contributed by atoms with Gasteiger partial charge in [-0.25, -0.2) is 4.79 Å². The highest BCUT2D eigenvalue weighted by molar-refractivity contribution is 5.94. The van der Waals surface area contributed by atoms with Crippen LogP contribution in [0.15, 0.2) is 30.5 Å². The smallest absolute Gasteiger partial charge is 0.326 e. The molecule has 1 aromatic carbocycles. The maximum absolute atomic E-state index is 13.3. The van der Waals surface area contributed by atoms with E-state index >= 15 is 0 Å².